The lowest BCUT2D eigenvalue weighted by atomic mass is 10.0. The molecule has 1 aliphatic heterocycles. The Morgan fingerprint density at radius 3 is 2.29 bits per heavy atom. The maximum atomic E-state index is 11.3. The van der Waals surface area contributed by atoms with E-state index < -0.39 is 8.32 Å². The van der Waals surface area contributed by atoms with Crippen LogP contribution in [0.1, 0.15) is 41.0 Å². The van der Waals surface area contributed by atoms with Crippen LogP contribution in [0.4, 0.5) is 0 Å². The second kappa shape index (κ2) is 4.73. The lowest BCUT2D eigenvalue weighted by molar-refractivity contribution is -0.144. The van der Waals surface area contributed by atoms with Crippen LogP contribution in [0.25, 0.3) is 0 Å². The maximum absolute atomic E-state index is 11.3. The summed E-state index contributed by atoms with van der Waals surface area (Å²) < 4.78 is 11.6. The van der Waals surface area contributed by atoms with E-state index in [0.717, 1.165) is 0 Å². The third-order valence-corrected chi connectivity index (χ3v) is 8.64. The largest absolute Gasteiger partial charge is 0.459 e. The maximum Gasteiger partial charge on any atom is 0.306 e. The van der Waals surface area contributed by atoms with Gasteiger partial charge in [0, 0.05) is 5.92 Å². The van der Waals surface area contributed by atoms with Crippen molar-refractivity contribution in [2.45, 2.75) is 71.4 Å². The molecule has 100 valence electrons. The summed E-state index contributed by atoms with van der Waals surface area (Å²) in [6.45, 7) is 15.2. The van der Waals surface area contributed by atoms with E-state index in [1.807, 2.05) is 6.92 Å². The molecule has 0 bridgehead atoms. The van der Waals surface area contributed by atoms with Gasteiger partial charge in [-0.05, 0) is 25.1 Å². The van der Waals surface area contributed by atoms with Gasteiger partial charge in [-0.2, -0.15) is 0 Å². The average molecular weight is 258 g/mol. The van der Waals surface area contributed by atoms with Crippen molar-refractivity contribution in [2.75, 3.05) is 0 Å². The molecule has 0 N–H and O–H groups in total. The van der Waals surface area contributed by atoms with Gasteiger partial charge in [-0.25, -0.2) is 0 Å². The number of esters is 1. The van der Waals surface area contributed by atoms with Gasteiger partial charge in [-0.1, -0.05) is 27.7 Å². The molecule has 17 heavy (non-hydrogen) atoms. The molecule has 0 aromatic rings. The normalized spacial score (nSPS) is 28.1. The van der Waals surface area contributed by atoms with E-state index in [9.17, 15) is 4.79 Å². The molecule has 0 spiro atoms. The van der Waals surface area contributed by atoms with Crippen molar-refractivity contribution in [3.8, 4) is 0 Å². The fourth-order valence-electron chi connectivity index (χ4n) is 1.96. The Bertz CT molecular complexity index is 294. The van der Waals surface area contributed by atoms with E-state index in [-0.39, 0.29) is 29.1 Å². The molecule has 1 heterocycles. The standard InChI is InChI=1S/C13H26O3Si/c1-9-8-11(14)15-12(9)10(2)16-17(6,7)13(3,4)5/h9-10,12H,8H2,1-7H3/t9-,10-,12+/m0/s1. The van der Waals surface area contributed by atoms with Gasteiger partial charge in [-0.3, -0.25) is 4.79 Å². The number of hydrogen-bond donors (Lipinski definition) is 0. The Hall–Kier alpha value is -0.353. The molecule has 4 heteroatoms. The predicted octanol–water partition coefficient (Wildman–Crippen LogP) is 3.35. The van der Waals surface area contributed by atoms with Crippen LogP contribution in [0.2, 0.25) is 18.1 Å². The van der Waals surface area contributed by atoms with Gasteiger partial charge in [-0.15, -0.1) is 0 Å². The zero-order chi connectivity index (χ0) is 13.4. The minimum Gasteiger partial charge on any atom is -0.459 e. The summed E-state index contributed by atoms with van der Waals surface area (Å²) in [4.78, 5) is 11.3. The summed E-state index contributed by atoms with van der Waals surface area (Å²) in [6, 6.07) is 0. The Balaban J connectivity index is 2.66. The zero-order valence-corrected chi connectivity index (χ0v) is 13.2. The van der Waals surface area contributed by atoms with Crippen molar-refractivity contribution < 1.29 is 14.0 Å². The zero-order valence-electron chi connectivity index (χ0n) is 12.2. The Labute approximate surface area is 106 Å². The SMILES string of the molecule is C[C@H](O[Si](C)(C)C(C)(C)C)[C@@H]1OC(=O)C[C@@H]1C. The molecule has 0 aliphatic carbocycles. The monoisotopic (exact) mass is 258 g/mol. The third-order valence-electron chi connectivity index (χ3n) is 4.07. The van der Waals surface area contributed by atoms with E-state index in [1.165, 1.54) is 0 Å². The lowest BCUT2D eigenvalue weighted by Gasteiger charge is -2.39. The smallest absolute Gasteiger partial charge is 0.306 e. The van der Waals surface area contributed by atoms with Gasteiger partial charge in [0.2, 0.25) is 0 Å². The highest BCUT2D eigenvalue weighted by atomic mass is 28.4. The van der Waals surface area contributed by atoms with Crippen LogP contribution in [0.5, 0.6) is 0 Å². The van der Waals surface area contributed by atoms with Gasteiger partial charge in [0.15, 0.2) is 8.32 Å². The number of ether oxygens (including phenoxy) is 1. The lowest BCUT2D eigenvalue weighted by Crippen LogP contribution is -2.47. The molecule has 1 rings (SSSR count). The molecule has 0 aromatic heterocycles. The molecular weight excluding hydrogens is 232 g/mol. The molecule has 0 saturated carbocycles. The summed E-state index contributed by atoms with van der Waals surface area (Å²) in [5.41, 5.74) is 0. The minimum absolute atomic E-state index is 0.00246. The quantitative estimate of drug-likeness (QED) is 0.575. The molecule has 3 atom stereocenters. The second-order valence-electron chi connectivity index (χ2n) is 6.72. The highest BCUT2D eigenvalue weighted by molar-refractivity contribution is 6.74. The summed E-state index contributed by atoms with van der Waals surface area (Å²) in [6.07, 6.45) is 0.449. The van der Waals surface area contributed by atoms with E-state index in [2.05, 4.69) is 40.8 Å². The highest BCUT2D eigenvalue weighted by Crippen LogP contribution is 2.38. The van der Waals surface area contributed by atoms with Crippen LogP contribution < -0.4 is 0 Å². The molecule has 1 fully saturated rings. The third kappa shape index (κ3) is 3.32. The van der Waals surface area contributed by atoms with Crippen molar-refractivity contribution in [2.24, 2.45) is 5.92 Å². The van der Waals surface area contributed by atoms with E-state index in [0.29, 0.717) is 6.42 Å². The topological polar surface area (TPSA) is 35.5 Å². The molecule has 3 nitrogen and oxygen atoms in total. The molecular formula is C13H26O3Si. The fourth-order valence-corrected chi connectivity index (χ4v) is 3.38. The predicted molar refractivity (Wildman–Crippen MR) is 71.4 cm³/mol. The van der Waals surface area contributed by atoms with Crippen LogP contribution in [0.15, 0.2) is 0 Å². The second-order valence-corrected chi connectivity index (χ2v) is 11.5. The molecule has 1 aliphatic rings. The first-order chi connectivity index (χ1) is 7.54. The van der Waals surface area contributed by atoms with E-state index in [1.54, 1.807) is 0 Å². The first-order valence-electron chi connectivity index (χ1n) is 6.42. The first-order valence-corrected chi connectivity index (χ1v) is 9.33. The van der Waals surface area contributed by atoms with Crippen molar-refractivity contribution in [1.82, 2.24) is 0 Å². The number of carbonyl (C=O) groups excluding carboxylic acids is 1. The average Bonchev–Trinajstić information content (AvgIpc) is 2.42. The number of cyclic esters (lactones) is 1. The molecule has 1 saturated heterocycles. The van der Waals surface area contributed by atoms with Crippen LogP contribution >= 0.6 is 0 Å². The minimum atomic E-state index is -1.78. The Morgan fingerprint density at radius 2 is 1.94 bits per heavy atom. The fraction of sp³-hybridized carbons (Fsp3) is 0.923. The van der Waals surface area contributed by atoms with E-state index in [4.69, 9.17) is 9.16 Å². The number of hydrogen-bond acceptors (Lipinski definition) is 3. The van der Waals surface area contributed by atoms with E-state index >= 15 is 0 Å². The van der Waals surface area contributed by atoms with Crippen LogP contribution in [-0.2, 0) is 14.0 Å². The van der Waals surface area contributed by atoms with Crippen molar-refractivity contribution in [3.63, 3.8) is 0 Å². The van der Waals surface area contributed by atoms with Crippen LogP contribution in [0.3, 0.4) is 0 Å². The summed E-state index contributed by atoms with van der Waals surface area (Å²) in [7, 11) is -1.78. The van der Waals surface area contributed by atoms with Gasteiger partial charge in [0.25, 0.3) is 0 Å². The first kappa shape index (κ1) is 14.7. The molecule has 0 unspecified atom stereocenters. The Morgan fingerprint density at radius 1 is 1.41 bits per heavy atom. The molecule has 0 radical (unpaired) electrons. The molecule has 0 aromatic carbocycles. The van der Waals surface area contributed by atoms with Crippen LogP contribution in [-0.4, -0.2) is 26.5 Å². The summed E-state index contributed by atoms with van der Waals surface area (Å²) in [5.74, 6) is 0.176. The Kier molecular flexibility index (Phi) is 4.09. The number of carbonyl (C=O) groups is 1. The highest BCUT2D eigenvalue weighted by Gasteiger charge is 2.43. The van der Waals surface area contributed by atoms with Gasteiger partial charge >= 0.3 is 5.97 Å². The number of rotatable bonds is 3. The summed E-state index contributed by atoms with van der Waals surface area (Å²) >= 11 is 0. The van der Waals surface area contributed by atoms with Crippen molar-refractivity contribution >= 4 is 14.3 Å². The van der Waals surface area contributed by atoms with Gasteiger partial charge in [0.1, 0.15) is 6.10 Å². The van der Waals surface area contributed by atoms with Crippen molar-refractivity contribution in [1.29, 1.82) is 0 Å². The van der Waals surface area contributed by atoms with Gasteiger partial charge in [0.05, 0.1) is 12.5 Å². The van der Waals surface area contributed by atoms with Gasteiger partial charge < -0.3 is 9.16 Å². The molecule has 0 amide bonds. The van der Waals surface area contributed by atoms with Crippen molar-refractivity contribution in [3.05, 3.63) is 0 Å². The summed E-state index contributed by atoms with van der Waals surface area (Å²) in [5, 5.41) is 0.188. The van der Waals surface area contributed by atoms with Crippen LogP contribution in [0, 0.1) is 5.92 Å².